The summed E-state index contributed by atoms with van der Waals surface area (Å²) in [4.78, 5) is 66.3. The third kappa shape index (κ3) is 6.76. The number of rotatable bonds is 4. The van der Waals surface area contributed by atoms with Gasteiger partial charge in [0.15, 0.2) is 11.6 Å². The van der Waals surface area contributed by atoms with Gasteiger partial charge < -0.3 is 37.0 Å². The minimum atomic E-state index is -5.08. The summed E-state index contributed by atoms with van der Waals surface area (Å²) in [5, 5.41) is 13.7. The first-order valence-corrected chi connectivity index (χ1v) is 14.4. The predicted octanol–water partition coefficient (Wildman–Crippen LogP) is 0.736. The number of carbonyl (C=O) groups excluding carboxylic acids is 4. The SMILES string of the molecule is C[C@H](N)C(=O)N1CCNCC1c1cccc2c1C(=O)c1cccc(C3CNCCN3C(=O)[C@H](C)N)c1C2=O.O=C(O)C(F)(F)F. The molecule has 45 heavy (non-hydrogen) atoms. The number of hydrogen-bond acceptors (Lipinski definition) is 9. The Bertz CT molecular complexity index is 1410. The summed E-state index contributed by atoms with van der Waals surface area (Å²) in [6.07, 6.45) is -5.08. The van der Waals surface area contributed by atoms with Gasteiger partial charge in [0, 0.05) is 61.5 Å². The highest BCUT2D eigenvalue weighted by molar-refractivity contribution is 6.29. The molecule has 0 aromatic heterocycles. The number of piperazine rings is 2. The molecule has 2 amide bonds. The quantitative estimate of drug-likeness (QED) is 0.274. The molecular weight excluding hydrogens is 597 g/mol. The summed E-state index contributed by atoms with van der Waals surface area (Å²) in [7, 11) is 0. The maximum Gasteiger partial charge on any atom is 0.490 e. The first-order chi connectivity index (χ1) is 21.2. The van der Waals surface area contributed by atoms with Gasteiger partial charge in [-0.1, -0.05) is 36.4 Å². The molecule has 2 fully saturated rings. The number of fused-ring (bicyclic) bond motifs is 2. The lowest BCUT2D eigenvalue weighted by Crippen LogP contribution is -2.53. The summed E-state index contributed by atoms with van der Waals surface area (Å²) >= 11 is 0. The molecule has 0 bridgehead atoms. The summed E-state index contributed by atoms with van der Waals surface area (Å²) in [6, 6.07) is 8.24. The second-order valence-corrected chi connectivity index (χ2v) is 11.1. The normalized spacial score (nSPS) is 21.1. The van der Waals surface area contributed by atoms with Crippen LogP contribution in [0.25, 0.3) is 0 Å². The number of alkyl halides is 3. The van der Waals surface area contributed by atoms with Crippen molar-refractivity contribution in [2.45, 2.75) is 44.2 Å². The van der Waals surface area contributed by atoms with Gasteiger partial charge in [-0.05, 0) is 25.0 Å². The van der Waals surface area contributed by atoms with Gasteiger partial charge in [0.25, 0.3) is 0 Å². The van der Waals surface area contributed by atoms with E-state index in [4.69, 9.17) is 21.4 Å². The number of benzene rings is 2. The molecule has 2 aliphatic heterocycles. The molecule has 2 heterocycles. The summed E-state index contributed by atoms with van der Waals surface area (Å²) in [5.74, 6) is -3.68. The highest BCUT2D eigenvalue weighted by Crippen LogP contribution is 2.38. The topological polar surface area (TPSA) is 188 Å². The molecule has 5 rings (SSSR count). The average molecular weight is 633 g/mol. The van der Waals surface area contributed by atoms with Crippen molar-refractivity contribution in [3.63, 3.8) is 0 Å². The largest absolute Gasteiger partial charge is 0.490 e. The van der Waals surface area contributed by atoms with Crippen LogP contribution in [0.3, 0.4) is 0 Å². The van der Waals surface area contributed by atoms with Crippen molar-refractivity contribution >= 4 is 29.4 Å². The molecule has 242 valence electrons. The first-order valence-electron chi connectivity index (χ1n) is 14.4. The maximum atomic E-state index is 14.1. The summed E-state index contributed by atoms with van der Waals surface area (Å²) < 4.78 is 31.7. The van der Waals surface area contributed by atoms with Gasteiger partial charge >= 0.3 is 12.1 Å². The Kier molecular flexibility index (Phi) is 10.1. The fraction of sp³-hybridized carbons (Fsp3) is 0.433. The summed E-state index contributed by atoms with van der Waals surface area (Å²) in [5.41, 5.74) is 14.4. The molecule has 0 spiro atoms. The van der Waals surface area contributed by atoms with E-state index in [1.807, 2.05) is 12.1 Å². The predicted molar refractivity (Wildman–Crippen MR) is 155 cm³/mol. The Hall–Kier alpha value is -4.18. The molecule has 12 nitrogen and oxygen atoms in total. The monoisotopic (exact) mass is 632 g/mol. The molecule has 2 unspecified atom stereocenters. The number of nitrogens with two attached hydrogens (primary N) is 2. The van der Waals surface area contributed by atoms with Gasteiger partial charge in [0.05, 0.1) is 24.2 Å². The third-order valence-electron chi connectivity index (χ3n) is 7.93. The van der Waals surface area contributed by atoms with Crippen LogP contribution in [-0.2, 0) is 14.4 Å². The first kappa shape index (κ1) is 33.7. The Morgan fingerprint density at radius 3 is 1.47 bits per heavy atom. The van der Waals surface area contributed by atoms with E-state index in [9.17, 15) is 32.3 Å². The fourth-order valence-electron chi connectivity index (χ4n) is 5.87. The lowest BCUT2D eigenvalue weighted by molar-refractivity contribution is -0.192. The van der Waals surface area contributed by atoms with Gasteiger partial charge in [-0.3, -0.25) is 19.2 Å². The van der Waals surface area contributed by atoms with Gasteiger partial charge in [-0.2, -0.15) is 13.2 Å². The van der Waals surface area contributed by atoms with Crippen LogP contribution in [0.2, 0.25) is 0 Å². The van der Waals surface area contributed by atoms with E-state index in [1.54, 1.807) is 47.9 Å². The Labute approximate surface area is 256 Å². The Balaban J connectivity index is 0.000000591. The zero-order chi connectivity index (χ0) is 33.2. The Morgan fingerprint density at radius 2 is 1.16 bits per heavy atom. The molecule has 7 N–H and O–H groups in total. The van der Waals surface area contributed by atoms with Crippen molar-refractivity contribution in [3.05, 3.63) is 69.8 Å². The van der Waals surface area contributed by atoms with Crippen molar-refractivity contribution in [2.24, 2.45) is 11.5 Å². The average Bonchev–Trinajstić information content (AvgIpc) is 3.02. The number of carboxylic acids is 1. The molecule has 2 aromatic rings. The molecule has 2 saturated heterocycles. The standard InChI is InChI=1S/C28H34N6O4.C2HF3O2/c1-15(29)27(37)33-11-9-31-13-21(33)17-5-3-7-19-23(17)25(35)20-8-4-6-18(24(20)26(19)36)22-14-32-10-12-34(22)28(38)16(2)30;3-2(4,5)1(6)7/h3-8,15-16,21-22,31-32H,9-14,29-30H2,1-2H3;(H,6,7)/t15-,16-,21?,22?;/m0./s1. The Morgan fingerprint density at radius 1 is 0.800 bits per heavy atom. The van der Waals surface area contributed by atoms with Gasteiger partial charge in [0.2, 0.25) is 11.8 Å². The number of carboxylic acid groups (broad SMARTS) is 1. The maximum absolute atomic E-state index is 14.1. The summed E-state index contributed by atoms with van der Waals surface area (Å²) in [6.45, 7) is 6.34. The van der Waals surface area contributed by atoms with Crippen molar-refractivity contribution in [1.29, 1.82) is 0 Å². The zero-order valence-electron chi connectivity index (χ0n) is 24.7. The van der Waals surface area contributed by atoms with Gasteiger partial charge in [-0.15, -0.1) is 0 Å². The minimum absolute atomic E-state index is 0.199. The van der Waals surface area contributed by atoms with E-state index in [2.05, 4.69) is 10.6 Å². The van der Waals surface area contributed by atoms with Crippen LogP contribution in [0.1, 0.15) is 68.9 Å². The number of hydrogen-bond donors (Lipinski definition) is 5. The van der Waals surface area contributed by atoms with Gasteiger partial charge in [-0.25, -0.2) is 4.79 Å². The van der Waals surface area contributed by atoms with E-state index >= 15 is 0 Å². The lowest BCUT2D eigenvalue weighted by atomic mass is 9.77. The molecule has 4 atom stereocenters. The number of halogens is 3. The number of carbonyl (C=O) groups is 5. The van der Waals surface area contributed by atoms with Crippen LogP contribution in [0.5, 0.6) is 0 Å². The molecular formula is C30H35F3N6O6. The van der Waals surface area contributed by atoms with Crippen LogP contribution < -0.4 is 22.1 Å². The van der Waals surface area contributed by atoms with E-state index in [0.717, 1.165) is 0 Å². The second-order valence-electron chi connectivity index (χ2n) is 11.1. The van der Waals surface area contributed by atoms with Crippen LogP contribution >= 0.6 is 0 Å². The van der Waals surface area contributed by atoms with Crippen LogP contribution in [-0.4, -0.2) is 102 Å². The number of ketones is 2. The number of nitrogens with one attached hydrogen (secondary N) is 2. The number of aliphatic carboxylic acids is 1. The zero-order valence-corrected chi connectivity index (χ0v) is 24.7. The highest BCUT2D eigenvalue weighted by atomic mass is 19.4. The molecule has 0 saturated carbocycles. The number of amides is 2. The van der Waals surface area contributed by atoms with Crippen molar-refractivity contribution < 1.29 is 42.3 Å². The molecule has 15 heteroatoms. The van der Waals surface area contributed by atoms with Crippen LogP contribution in [0.4, 0.5) is 13.2 Å². The molecule has 1 aliphatic carbocycles. The van der Waals surface area contributed by atoms with E-state index in [1.165, 1.54) is 0 Å². The van der Waals surface area contributed by atoms with Gasteiger partial charge in [0.1, 0.15) is 0 Å². The lowest BCUT2D eigenvalue weighted by Gasteiger charge is -2.40. The molecule has 0 radical (unpaired) electrons. The van der Waals surface area contributed by atoms with Crippen LogP contribution in [0.15, 0.2) is 36.4 Å². The number of nitrogens with zero attached hydrogens (tertiary/aromatic N) is 2. The van der Waals surface area contributed by atoms with Crippen molar-refractivity contribution in [3.8, 4) is 0 Å². The molecule has 2 aromatic carbocycles. The van der Waals surface area contributed by atoms with E-state index in [0.29, 0.717) is 72.6 Å². The van der Waals surface area contributed by atoms with Crippen molar-refractivity contribution in [1.82, 2.24) is 20.4 Å². The molecule has 3 aliphatic rings. The fourth-order valence-corrected chi connectivity index (χ4v) is 5.87. The smallest absolute Gasteiger partial charge is 0.475 e. The van der Waals surface area contributed by atoms with Crippen molar-refractivity contribution in [2.75, 3.05) is 39.3 Å². The van der Waals surface area contributed by atoms with Crippen LogP contribution in [0, 0.1) is 0 Å². The van der Waals surface area contributed by atoms with E-state index in [-0.39, 0.29) is 23.4 Å². The highest BCUT2D eigenvalue weighted by Gasteiger charge is 2.41. The second kappa shape index (κ2) is 13.4. The van der Waals surface area contributed by atoms with E-state index < -0.39 is 36.3 Å². The minimum Gasteiger partial charge on any atom is -0.475 e. The third-order valence-corrected chi connectivity index (χ3v) is 7.93.